The van der Waals surface area contributed by atoms with Gasteiger partial charge in [0.25, 0.3) is 0 Å². The normalized spacial score (nSPS) is 25.9. The van der Waals surface area contributed by atoms with Crippen LogP contribution >= 0.6 is 0 Å². The predicted molar refractivity (Wildman–Crippen MR) is 218 cm³/mol. The van der Waals surface area contributed by atoms with Crippen LogP contribution in [0, 0.1) is 21.7 Å². The third kappa shape index (κ3) is 11.7. The molecule has 0 atom stereocenters. The van der Waals surface area contributed by atoms with Gasteiger partial charge in [-0.2, -0.15) is 0 Å². The molecule has 16 nitrogen and oxygen atoms in total. The van der Waals surface area contributed by atoms with Crippen molar-refractivity contribution < 1.29 is 75.9 Å². The van der Waals surface area contributed by atoms with E-state index >= 15 is 0 Å². The van der Waals surface area contributed by atoms with E-state index in [-0.39, 0.29) is 48.1 Å². The highest BCUT2D eigenvalue weighted by Gasteiger charge is 2.42. The molecule has 0 amide bonds. The van der Waals surface area contributed by atoms with E-state index in [4.69, 9.17) is 66.3 Å². The van der Waals surface area contributed by atoms with Crippen molar-refractivity contribution in [2.45, 2.75) is 72.4 Å². The SMILES string of the molecule is CCC1(COCC2(CC)COC(c3ccc(OCCCOc4ccc(C5OCC(CC)(COCC6(CC)COC(=O)OC6)CO5)cc4OC)c(OC)c3)OC2)COC(=O)OC1. The number of cyclic esters (lactones) is 4. The minimum absolute atomic E-state index is 0.283. The molecule has 4 aliphatic heterocycles. The number of rotatable bonds is 22. The highest BCUT2D eigenvalue weighted by atomic mass is 16.7. The smallest absolute Gasteiger partial charge is 0.493 e. The Hall–Kier alpha value is -4.06. The summed E-state index contributed by atoms with van der Waals surface area (Å²) in [4.78, 5) is 22.8. The van der Waals surface area contributed by atoms with Gasteiger partial charge in [-0.05, 0) is 49.9 Å². The van der Waals surface area contributed by atoms with Crippen LogP contribution in [0.2, 0.25) is 0 Å². The van der Waals surface area contributed by atoms with Gasteiger partial charge in [-0.15, -0.1) is 0 Å². The first-order chi connectivity index (χ1) is 29.6. The summed E-state index contributed by atoms with van der Waals surface area (Å²) >= 11 is 0. The summed E-state index contributed by atoms with van der Waals surface area (Å²) in [7, 11) is 3.20. The Balaban J connectivity index is 0.916. The van der Waals surface area contributed by atoms with Crippen LogP contribution in [0.3, 0.4) is 0 Å². The molecule has 4 fully saturated rings. The summed E-state index contributed by atoms with van der Waals surface area (Å²) in [5.74, 6) is 2.35. The van der Waals surface area contributed by atoms with Gasteiger partial charge in [0, 0.05) is 28.4 Å². The molecule has 0 N–H and O–H groups in total. The molecule has 0 spiro atoms. The van der Waals surface area contributed by atoms with Crippen LogP contribution in [-0.2, 0) is 47.4 Å². The number of hydrogen-bond donors (Lipinski definition) is 0. The Labute approximate surface area is 358 Å². The standard InChI is InChI=1S/C45H64O16/c1-7-42(20-50-22-44(9-3)28-58-40(46)59-29-44)24-54-38(55-25-42)32-12-14-34(36(18-32)48-5)52-16-11-17-53-35-15-13-33(19-37(35)49-6)39-56-26-43(8-2,27-57-39)21-51-23-45(10-4)30-60-41(47)61-31-45/h12-15,18-19,38-39H,7-11,16-17,20-31H2,1-6H3. The van der Waals surface area contributed by atoms with Crippen molar-refractivity contribution in [3.8, 4) is 23.0 Å². The fourth-order valence-corrected chi connectivity index (χ4v) is 7.44. The summed E-state index contributed by atoms with van der Waals surface area (Å²) in [6.07, 6.45) is 1.38. The van der Waals surface area contributed by atoms with E-state index in [0.29, 0.717) is 95.5 Å². The van der Waals surface area contributed by atoms with Crippen LogP contribution in [0.25, 0.3) is 0 Å². The second-order valence-corrected chi connectivity index (χ2v) is 16.8. The zero-order valence-corrected chi connectivity index (χ0v) is 36.6. The Morgan fingerprint density at radius 3 is 1.13 bits per heavy atom. The third-order valence-electron chi connectivity index (χ3n) is 12.5. The largest absolute Gasteiger partial charge is 0.508 e. The second kappa shape index (κ2) is 21.3. The van der Waals surface area contributed by atoms with Crippen molar-refractivity contribution in [2.24, 2.45) is 21.7 Å². The summed E-state index contributed by atoms with van der Waals surface area (Å²) in [5, 5.41) is 0. The zero-order chi connectivity index (χ0) is 43.4. The lowest BCUT2D eigenvalue weighted by atomic mass is 9.85. The molecule has 0 aromatic heterocycles. The van der Waals surface area contributed by atoms with E-state index in [1.807, 2.05) is 50.2 Å². The van der Waals surface area contributed by atoms with Crippen LogP contribution in [-0.4, -0.2) is 119 Å². The lowest BCUT2D eigenvalue weighted by molar-refractivity contribution is -0.247. The monoisotopic (exact) mass is 860 g/mol. The third-order valence-corrected chi connectivity index (χ3v) is 12.5. The topological polar surface area (TPSA) is 163 Å². The Morgan fingerprint density at radius 2 is 0.820 bits per heavy atom. The Bertz CT molecular complexity index is 1570. The van der Waals surface area contributed by atoms with E-state index in [9.17, 15) is 9.59 Å². The molecule has 340 valence electrons. The first-order valence-corrected chi connectivity index (χ1v) is 21.4. The molecule has 2 aromatic carbocycles. The number of benzene rings is 2. The van der Waals surface area contributed by atoms with E-state index in [1.165, 1.54) is 0 Å². The van der Waals surface area contributed by atoms with Crippen LogP contribution in [0.1, 0.15) is 83.5 Å². The summed E-state index contributed by atoms with van der Waals surface area (Å²) in [6, 6.07) is 11.3. The molecule has 0 unspecified atom stereocenters. The molecule has 2 aromatic rings. The Kier molecular flexibility index (Phi) is 16.3. The van der Waals surface area contributed by atoms with Crippen molar-refractivity contribution >= 4 is 12.3 Å². The number of ether oxygens (including phenoxy) is 14. The number of hydrogen-bond acceptors (Lipinski definition) is 16. The highest BCUT2D eigenvalue weighted by molar-refractivity contribution is 5.61. The van der Waals surface area contributed by atoms with Gasteiger partial charge < -0.3 is 66.3 Å². The van der Waals surface area contributed by atoms with Gasteiger partial charge >= 0.3 is 12.3 Å². The van der Waals surface area contributed by atoms with E-state index < -0.39 is 24.9 Å². The molecule has 6 rings (SSSR count). The molecule has 0 bridgehead atoms. The molecular formula is C45H64O16. The van der Waals surface area contributed by atoms with E-state index in [1.54, 1.807) is 14.2 Å². The summed E-state index contributed by atoms with van der Waals surface area (Å²) in [5.41, 5.74) is 0.332. The Morgan fingerprint density at radius 1 is 0.492 bits per heavy atom. The van der Waals surface area contributed by atoms with Gasteiger partial charge in [-0.3, -0.25) is 0 Å². The average molecular weight is 861 g/mol. The van der Waals surface area contributed by atoms with Crippen LogP contribution in [0.4, 0.5) is 9.59 Å². The lowest BCUT2D eigenvalue weighted by Gasteiger charge is -2.41. The van der Waals surface area contributed by atoms with E-state index in [0.717, 1.165) is 36.8 Å². The number of carbonyl (C=O) groups is 2. The second-order valence-electron chi connectivity index (χ2n) is 16.8. The highest BCUT2D eigenvalue weighted by Crippen LogP contribution is 2.40. The molecule has 4 aliphatic rings. The lowest BCUT2D eigenvalue weighted by Crippen LogP contribution is -2.45. The zero-order valence-electron chi connectivity index (χ0n) is 36.6. The van der Waals surface area contributed by atoms with Gasteiger partial charge in [-0.25, -0.2) is 9.59 Å². The minimum Gasteiger partial charge on any atom is -0.493 e. The first kappa shape index (κ1) is 46.4. The van der Waals surface area contributed by atoms with Crippen molar-refractivity contribution in [1.29, 1.82) is 0 Å². The van der Waals surface area contributed by atoms with Crippen molar-refractivity contribution in [3.63, 3.8) is 0 Å². The summed E-state index contributed by atoms with van der Waals surface area (Å²) < 4.78 is 81.4. The average Bonchev–Trinajstić information content (AvgIpc) is 3.31. The van der Waals surface area contributed by atoms with Gasteiger partial charge in [0.05, 0.1) is 91.1 Å². The molecule has 16 heteroatoms. The van der Waals surface area contributed by atoms with Gasteiger partial charge in [0.15, 0.2) is 35.6 Å². The molecule has 0 saturated carbocycles. The maximum absolute atomic E-state index is 11.4. The molecule has 0 aliphatic carbocycles. The maximum atomic E-state index is 11.4. The fourth-order valence-electron chi connectivity index (χ4n) is 7.44. The van der Waals surface area contributed by atoms with Gasteiger partial charge in [-0.1, -0.05) is 39.8 Å². The molecule has 0 radical (unpaired) electrons. The number of carbonyl (C=O) groups excluding carboxylic acids is 2. The van der Waals surface area contributed by atoms with Crippen LogP contribution < -0.4 is 18.9 Å². The quantitative estimate of drug-likeness (QED) is 0.0839. The first-order valence-electron chi connectivity index (χ1n) is 21.4. The maximum Gasteiger partial charge on any atom is 0.508 e. The van der Waals surface area contributed by atoms with Crippen molar-refractivity contribution in [1.82, 2.24) is 0 Å². The fraction of sp³-hybridized carbons (Fsp3) is 0.689. The number of methoxy groups -OCH3 is 2. The molecule has 61 heavy (non-hydrogen) atoms. The molecular weight excluding hydrogens is 796 g/mol. The van der Waals surface area contributed by atoms with Crippen LogP contribution in [0.5, 0.6) is 23.0 Å². The summed E-state index contributed by atoms with van der Waals surface area (Å²) in [6.45, 7) is 13.8. The van der Waals surface area contributed by atoms with Gasteiger partial charge in [0.2, 0.25) is 0 Å². The molecule has 4 saturated heterocycles. The van der Waals surface area contributed by atoms with Crippen LogP contribution in [0.15, 0.2) is 36.4 Å². The van der Waals surface area contributed by atoms with Gasteiger partial charge in [0.1, 0.15) is 26.4 Å². The predicted octanol–water partition coefficient (Wildman–Crippen LogP) is 7.59. The van der Waals surface area contributed by atoms with E-state index in [2.05, 4.69) is 13.8 Å². The minimum atomic E-state index is -0.632. The van der Waals surface area contributed by atoms with Crippen molar-refractivity contribution in [3.05, 3.63) is 47.5 Å². The van der Waals surface area contributed by atoms with Crippen molar-refractivity contribution in [2.75, 3.05) is 107 Å². The molecule has 4 heterocycles.